The highest BCUT2D eigenvalue weighted by molar-refractivity contribution is 9.10. The Bertz CT molecular complexity index is 1910. The van der Waals surface area contributed by atoms with Crippen LogP contribution in [0.15, 0.2) is 57.8 Å². The lowest BCUT2D eigenvalue weighted by Crippen LogP contribution is -2.39. The molecule has 0 atom stereocenters. The molecule has 6 rings (SSSR count). The Labute approximate surface area is 303 Å². The van der Waals surface area contributed by atoms with Crippen molar-refractivity contribution >= 4 is 74.1 Å². The number of hydrogen-bond donors (Lipinski definition) is 0. The van der Waals surface area contributed by atoms with Crippen LogP contribution in [-0.2, 0) is 9.47 Å². The van der Waals surface area contributed by atoms with Crippen molar-refractivity contribution in [2.24, 2.45) is 0 Å². The van der Waals surface area contributed by atoms with E-state index in [-0.39, 0.29) is 12.2 Å². The van der Waals surface area contributed by atoms with Gasteiger partial charge in [0, 0.05) is 37.9 Å². The molecule has 4 aromatic rings. The van der Waals surface area contributed by atoms with Crippen LogP contribution >= 0.6 is 39.5 Å². The van der Waals surface area contributed by atoms with Crippen LogP contribution in [0.25, 0.3) is 22.4 Å². The fourth-order valence-electron chi connectivity index (χ4n) is 5.24. The summed E-state index contributed by atoms with van der Waals surface area (Å²) in [5.41, 5.74) is 4.48. The summed E-state index contributed by atoms with van der Waals surface area (Å²) in [5, 5.41) is 1.74. The van der Waals surface area contributed by atoms with Gasteiger partial charge in [-0.3, -0.25) is 4.40 Å². The van der Waals surface area contributed by atoms with Crippen LogP contribution in [0, 0.1) is 0 Å². The minimum atomic E-state index is -0.497. The Balaban J connectivity index is 0.000000191. The van der Waals surface area contributed by atoms with Crippen LogP contribution in [-0.4, -0.2) is 101 Å². The number of fused-ring (bicyclic) bond motifs is 2. The predicted octanol–water partition coefficient (Wildman–Crippen LogP) is 7.71. The van der Waals surface area contributed by atoms with Crippen LogP contribution in [0.4, 0.5) is 9.59 Å². The van der Waals surface area contributed by atoms with Gasteiger partial charge in [0.1, 0.15) is 25.9 Å². The Hall–Kier alpha value is -3.56. The van der Waals surface area contributed by atoms with Gasteiger partial charge in [0.15, 0.2) is 11.3 Å². The van der Waals surface area contributed by atoms with Gasteiger partial charge in [0.2, 0.25) is 0 Å². The van der Waals surface area contributed by atoms with Crippen molar-refractivity contribution < 1.29 is 19.1 Å². The molecule has 2 aliphatic heterocycles. The molecule has 2 amide bonds. The molecular weight excluding hydrogens is 728 g/mol. The van der Waals surface area contributed by atoms with Crippen LogP contribution in [0.5, 0.6) is 0 Å². The molecule has 0 unspecified atom stereocenters. The molecule has 12 nitrogen and oxygen atoms in total. The quantitative estimate of drug-likeness (QED) is 0.191. The highest BCUT2D eigenvalue weighted by Crippen LogP contribution is 2.28. The summed E-state index contributed by atoms with van der Waals surface area (Å²) in [7, 11) is 0. The van der Waals surface area contributed by atoms with Crippen molar-refractivity contribution in [2.45, 2.75) is 75.6 Å². The summed E-state index contributed by atoms with van der Waals surface area (Å²) >= 11 is 6.64. The third kappa shape index (κ3) is 9.17. The van der Waals surface area contributed by atoms with Gasteiger partial charge in [-0.25, -0.2) is 29.5 Å². The van der Waals surface area contributed by atoms with Crippen LogP contribution in [0.1, 0.15) is 65.8 Å². The van der Waals surface area contributed by atoms with Crippen LogP contribution in [0.2, 0.25) is 0 Å². The second-order valence-electron chi connectivity index (χ2n) is 13.5. The second-order valence-corrected chi connectivity index (χ2v) is 15.9. The Kier molecular flexibility index (Phi) is 11.3. The third-order valence-corrected chi connectivity index (χ3v) is 9.32. The molecule has 0 saturated carbocycles. The first-order valence-electron chi connectivity index (χ1n) is 16.0. The van der Waals surface area contributed by atoms with E-state index in [1.165, 1.54) is 0 Å². The fraction of sp³-hybridized carbons (Fsp3) is 0.471. The van der Waals surface area contributed by atoms with Crippen molar-refractivity contribution in [1.82, 2.24) is 38.5 Å². The molecule has 4 aromatic heterocycles. The first-order valence-corrected chi connectivity index (χ1v) is 19.2. The van der Waals surface area contributed by atoms with Crippen LogP contribution in [0.3, 0.4) is 0 Å². The predicted molar refractivity (Wildman–Crippen MR) is 198 cm³/mol. The Morgan fingerprint density at radius 1 is 0.776 bits per heavy atom. The fourth-order valence-corrected chi connectivity index (χ4v) is 6.67. The van der Waals surface area contributed by atoms with E-state index >= 15 is 0 Å². The maximum atomic E-state index is 12.4. The minimum absolute atomic E-state index is 0.276. The topological polar surface area (TPSA) is 119 Å². The molecule has 0 aromatic carbocycles. The van der Waals surface area contributed by atoms with E-state index in [2.05, 4.69) is 38.0 Å². The molecule has 0 aliphatic carbocycles. The van der Waals surface area contributed by atoms with E-state index in [9.17, 15) is 9.59 Å². The molecule has 0 radical (unpaired) electrons. The van der Waals surface area contributed by atoms with Gasteiger partial charge in [0.05, 0.1) is 30.7 Å². The molecule has 15 heteroatoms. The summed E-state index contributed by atoms with van der Waals surface area (Å²) in [6.45, 7) is 13.6. The lowest BCUT2D eigenvalue weighted by molar-refractivity contribution is 0.0262. The van der Waals surface area contributed by atoms with E-state index < -0.39 is 11.2 Å². The van der Waals surface area contributed by atoms with Crippen molar-refractivity contribution in [2.75, 3.05) is 38.7 Å². The third-order valence-electron chi connectivity index (χ3n) is 7.41. The number of thioether (sulfide) groups is 2. The maximum Gasteiger partial charge on any atom is 0.410 e. The number of ether oxygens (including phenoxy) is 2. The van der Waals surface area contributed by atoms with Crippen molar-refractivity contribution in [3.63, 3.8) is 0 Å². The number of carbonyl (C=O) groups is 2. The minimum Gasteiger partial charge on any atom is -0.444 e. The van der Waals surface area contributed by atoms with Gasteiger partial charge in [0.25, 0.3) is 0 Å². The number of rotatable bonds is 4. The largest absolute Gasteiger partial charge is 0.444 e. The van der Waals surface area contributed by atoms with Crippen molar-refractivity contribution in [3.05, 3.63) is 59.1 Å². The zero-order chi connectivity index (χ0) is 35.5. The van der Waals surface area contributed by atoms with Gasteiger partial charge < -0.3 is 23.7 Å². The molecule has 49 heavy (non-hydrogen) atoms. The Morgan fingerprint density at radius 3 is 1.80 bits per heavy atom. The molecule has 0 N–H and O–H groups in total. The number of amides is 2. The summed E-state index contributed by atoms with van der Waals surface area (Å²) in [5.74, 6) is 0. The SMILES string of the molecule is CSc1nc(C2=CCCN(C(=O)OC(C)(C)C)C2)cn2c(Br)cnc12.CSc1nc(C2=CCCN(C(=O)OC(C)(C)C)C2)cn2ccnc12. The van der Waals surface area contributed by atoms with E-state index in [1.54, 1.807) is 45.7 Å². The highest BCUT2D eigenvalue weighted by Gasteiger charge is 2.27. The van der Waals surface area contributed by atoms with Gasteiger partial charge in [-0.1, -0.05) is 12.2 Å². The number of carbonyl (C=O) groups excluding carboxylic acids is 2. The van der Waals surface area contributed by atoms with Crippen molar-refractivity contribution in [3.8, 4) is 0 Å². The van der Waals surface area contributed by atoms with E-state index in [1.807, 2.05) is 81.4 Å². The Morgan fingerprint density at radius 2 is 1.29 bits per heavy atom. The summed E-state index contributed by atoms with van der Waals surface area (Å²) in [6.07, 6.45) is 18.7. The monoisotopic (exact) mass is 770 g/mol. The van der Waals surface area contributed by atoms with Gasteiger partial charge in [-0.15, -0.1) is 23.5 Å². The average Bonchev–Trinajstić information content (AvgIpc) is 3.69. The van der Waals surface area contributed by atoms with E-state index in [0.717, 1.165) is 61.3 Å². The number of aromatic nitrogens is 6. The molecule has 262 valence electrons. The van der Waals surface area contributed by atoms with Gasteiger partial charge in [-0.2, -0.15) is 0 Å². The second kappa shape index (κ2) is 15.1. The zero-order valence-electron chi connectivity index (χ0n) is 29.2. The normalized spacial score (nSPS) is 15.4. The number of hydrogen-bond acceptors (Lipinski definition) is 10. The molecule has 0 bridgehead atoms. The maximum absolute atomic E-state index is 12.4. The number of nitrogens with zero attached hydrogens (tertiary/aromatic N) is 8. The smallest absolute Gasteiger partial charge is 0.410 e. The van der Waals surface area contributed by atoms with Gasteiger partial charge in [-0.05, 0) is 94.0 Å². The first kappa shape index (κ1) is 36.7. The lowest BCUT2D eigenvalue weighted by atomic mass is 10.1. The molecule has 0 saturated heterocycles. The molecule has 0 fully saturated rings. The van der Waals surface area contributed by atoms with Crippen LogP contribution < -0.4 is 0 Å². The lowest BCUT2D eigenvalue weighted by Gasteiger charge is -2.30. The van der Waals surface area contributed by atoms with E-state index in [4.69, 9.17) is 19.4 Å². The van der Waals surface area contributed by atoms with Gasteiger partial charge >= 0.3 is 12.2 Å². The number of halogens is 1. The summed E-state index contributed by atoms with van der Waals surface area (Å²) in [4.78, 5) is 46.3. The molecule has 2 aliphatic rings. The summed E-state index contributed by atoms with van der Waals surface area (Å²) in [6, 6.07) is 0. The molecular formula is C34H43BrN8O4S2. The standard InChI is InChI=1S/C17H21BrN4O2S.C17H22N4O2S/c1-17(2,3)24-16(23)21-7-5-6-11(9-21)12-10-22-13(18)8-19-14(22)15(20-12)25-4;1-17(2,3)23-16(22)21-8-5-6-12(10-21)13-11-20-9-7-18-14(20)15(19-13)24-4/h6,8,10H,5,7,9H2,1-4H3;6-7,9,11H,5,8,10H2,1-4H3. The summed E-state index contributed by atoms with van der Waals surface area (Å²) < 4.78 is 15.8. The molecule has 0 spiro atoms. The molecule has 6 heterocycles. The average molecular weight is 772 g/mol. The van der Waals surface area contributed by atoms with E-state index in [0.29, 0.717) is 26.2 Å². The van der Waals surface area contributed by atoms with Crippen molar-refractivity contribution in [1.29, 1.82) is 0 Å². The highest BCUT2D eigenvalue weighted by atomic mass is 79.9. The number of imidazole rings is 2. The zero-order valence-corrected chi connectivity index (χ0v) is 32.4. The first-order chi connectivity index (χ1) is 23.2.